The third-order valence-electron chi connectivity index (χ3n) is 7.29. The Hall–Kier alpha value is -3.53. The maximum Gasteiger partial charge on any atom is 0.407 e. The van der Waals surface area contributed by atoms with Gasteiger partial charge in [0.1, 0.15) is 12.1 Å². The summed E-state index contributed by atoms with van der Waals surface area (Å²) in [5, 5.41) is 12.0. The topological polar surface area (TPSA) is 177 Å². The number of hydrogen-bond donors (Lipinski definition) is 2. The third kappa shape index (κ3) is 7.27. The number of carboxylic acid groups (broad SMARTS) is 1. The summed E-state index contributed by atoms with van der Waals surface area (Å²) in [7, 11) is -7.03. The average molecular weight is 624 g/mol. The van der Waals surface area contributed by atoms with Gasteiger partial charge in [0, 0.05) is 25.9 Å². The summed E-state index contributed by atoms with van der Waals surface area (Å²) in [6, 6.07) is 11.6. The van der Waals surface area contributed by atoms with Gasteiger partial charge in [-0.2, -0.15) is 12.7 Å². The first-order valence-electron chi connectivity index (χ1n) is 13.2. The molecular weight excluding hydrogens is 590 g/mol. The van der Waals surface area contributed by atoms with Crippen LogP contribution in [-0.4, -0.2) is 93.8 Å². The van der Waals surface area contributed by atoms with Crippen LogP contribution in [0.3, 0.4) is 0 Å². The molecule has 0 radical (unpaired) electrons. The lowest BCUT2D eigenvalue weighted by molar-refractivity contribution is -0.145. The van der Waals surface area contributed by atoms with Crippen molar-refractivity contribution in [1.82, 2.24) is 14.5 Å². The van der Waals surface area contributed by atoms with Crippen LogP contribution in [0, 0.1) is 0 Å². The summed E-state index contributed by atoms with van der Waals surface area (Å²) in [6.07, 6.45) is -0.0682. The van der Waals surface area contributed by atoms with Gasteiger partial charge >= 0.3 is 12.1 Å². The van der Waals surface area contributed by atoms with Crippen molar-refractivity contribution in [3.05, 3.63) is 65.7 Å². The Kier molecular flexibility index (Phi) is 9.55. The number of benzene rings is 2. The summed E-state index contributed by atoms with van der Waals surface area (Å²) < 4.78 is 61.2. The van der Waals surface area contributed by atoms with E-state index < -0.39 is 56.3 Å². The molecule has 1 unspecified atom stereocenters. The Balaban J connectivity index is 1.54. The van der Waals surface area contributed by atoms with Crippen LogP contribution in [0.4, 0.5) is 4.79 Å². The number of methoxy groups -OCH3 is 1. The Labute approximate surface area is 244 Å². The van der Waals surface area contributed by atoms with Crippen LogP contribution in [0.25, 0.3) is 0 Å². The predicted molar refractivity (Wildman–Crippen MR) is 149 cm³/mol. The summed E-state index contributed by atoms with van der Waals surface area (Å²) in [4.78, 5) is 39.0. The minimum Gasteiger partial charge on any atom is -0.467 e. The minimum absolute atomic E-state index is 0.00737. The van der Waals surface area contributed by atoms with E-state index in [1.807, 2.05) is 0 Å². The molecule has 4 atom stereocenters. The first-order valence-corrected chi connectivity index (χ1v) is 16.5. The number of carbonyl (C=O) groups excluding carboxylic acids is 2. The molecular formula is C27H33N3O10S2. The molecule has 0 aliphatic carbocycles. The van der Waals surface area contributed by atoms with Gasteiger partial charge in [-0.3, -0.25) is 8.98 Å². The van der Waals surface area contributed by atoms with E-state index in [2.05, 4.69) is 5.32 Å². The summed E-state index contributed by atoms with van der Waals surface area (Å²) in [5.74, 6) is -1.58. The van der Waals surface area contributed by atoms with Crippen LogP contribution in [0.5, 0.6) is 0 Å². The van der Waals surface area contributed by atoms with E-state index in [0.29, 0.717) is 18.5 Å². The molecule has 42 heavy (non-hydrogen) atoms. The van der Waals surface area contributed by atoms with Crippen molar-refractivity contribution in [3.63, 3.8) is 0 Å². The predicted octanol–water partition coefficient (Wildman–Crippen LogP) is 1.51. The number of nitrogens with zero attached hydrogens (tertiary/aromatic N) is 2. The zero-order valence-electron chi connectivity index (χ0n) is 23.1. The zero-order chi connectivity index (χ0) is 30.7. The van der Waals surface area contributed by atoms with Crippen molar-refractivity contribution in [2.45, 2.75) is 54.8 Å². The third-order valence-corrected chi connectivity index (χ3v) is 9.80. The van der Waals surface area contributed by atoms with Gasteiger partial charge in [0.05, 0.1) is 30.4 Å². The normalized spacial score (nSPS) is 22.0. The lowest BCUT2D eigenvalue weighted by Gasteiger charge is -2.25. The van der Waals surface area contributed by atoms with E-state index in [9.17, 15) is 36.3 Å². The number of likely N-dealkylation sites (tertiary alicyclic amines) is 1. The molecule has 2 heterocycles. The van der Waals surface area contributed by atoms with Crippen LogP contribution >= 0.6 is 0 Å². The number of carbonyl (C=O) groups is 3. The molecule has 0 saturated carbocycles. The molecule has 0 bridgehead atoms. The van der Waals surface area contributed by atoms with E-state index in [0.717, 1.165) is 29.7 Å². The summed E-state index contributed by atoms with van der Waals surface area (Å²) >= 11 is 0. The van der Waals surface area contributed by atoms with Crippen molar-refractivity contribution in [2.24, 2.45) is 0 Å². The van der Waals surface area contributed by atoms with Crippen molar-refractivity contribution in [1.29, 1.82) is 0 Å². The van der Waals surface area contributed by atoms with Crippen molar-refractivity contribution >= 4 is 38.1 Å². The Morgan fingerprint density at radius 3 is 2.31 bits per heavy atom. The van der Waals surface area contributed by atoms with E-state index >= 15 is 0 Å². The number of hydrogen-bond acceptors (Lipinski definition) is 9. The maximum atomic E-state index is 13.5. The molecule has 4 rings (SSSR count). The smallest absolute Gasteiger partial charge is 0.407 e. The molecule has 2 aliphatic rings. The van der Waals surface area contributed by atoms with Crippen LogP contribution in [0.2, 0.25) is 0 Å². The highest BCUT2D eigenvalue weighted by Crippen LogP contribution is 2.32. The maximum absolute atomic E-state index is 13.5. The van der Waals surface area contributed by atoms with Gasteiger partial charge in [-0.15, -0.1) is 0 Å². The molecule has 15 heteroatoms. The van der Waals surface area contributed by atoms with Gasteiger partial charge in [-0.05, 0) is 36.1 Å². The standard InChI is InChI=1S/C27H33N3O10S2/c1-39-26(32)22(15-18-10-12-19(13-11-18)23-9-6-14-29(23)27(33)34)28-25(31)24-16-20(40-41(2,35)36)17-30(24)42(37,38)21-7-4-3-5-8-21/h3-5,7-8,10-13,20,22-24H,6,9,14-17H2,1-2H3,(H,28,31)(H,33,34)/t20-,22-,23?,24-/m0/s1. The highest BCUT2D eigenvalue weighted by atomic mass is 32.2. The van der Waals surface area contributed by atoms with Crippen molar-refractivity contribution in [3.8, 4) is 0 Å². The molecule has 2 aliphatic heterocycles. The monoisotopic (exact) mass is 623 g/mol. The molecule has 2 fully saturated rings. The van der Waals surface area contributed by atoms with Gasteiger partial charge in [-0.25, -0.2) is 18.0 Å². The molecule has 2 N–H and O–H groups in total. The van der Waals surface area contributed by atoms with Crippen LogP contribution < -0.4 is 5.32 Å². The van der Waals surface area contributed by atoms with E-state index in [4.69, 9.17) is 8.92 Å². The van der Waals surface area contributed by atoms with Gasteiger partial charge in [0.2, 0.25) is 15.9 Å². The quantitative estimate of drug-likeness (QED) is 0.291. The van der Waals surface area contributed by atoms with Gasteiger partial charge in [0.25, 0.3) is 10.1 Å². The molecule has 2 aromatic rings. The number of ether oxygens (including phenoxy) is 1. The Bertz CT molecular complexity index is 1510. The molecule has 0 spiro atoms. The SMILES string of the molecule is COC(=O)[C@H](Cc1ccc(C2CCCN2C(=O)O)cc1)NC(=O)[C@@H]1C[C@H](OS(C)(=O)=O)CN1S(=O)(=O)c1ccccc1. The highest BCUT2D eigenvalue weighted by Gasteiger charge is 2.46. The fraction of sp³-hybridized carbons (Fsp3) is 0.444. The van der Waals surface area contributed by atoms with E-state index in [1.165, 1.54) is 29.2 Å². The van der Waals surface area contributed by atoms with E-state index in [1.54, 1.807) is 30.3 Å². The molecule has 2 saturated heterocycles. The summed E-state index contributed by atoms with van der Waals surface area (Å²) in [5.41, 5.74) is 1.45. The van der Waals surface area contributed by atoms with Gasteiger partial charge in [0.15, 0.2) is 0 Å². The lowest BCUT2D eigenvalue weighted by Crippen LogP contribution is -2.51. The minimum atomic E-state index is -4.23. The van der Waals surface area contributed by atoms with Crippen LogP contribution in [0.15, 0.2) is 59.5 Å². The first-order chi connectivity index (χ1) is 19.8. The van der Waals surface area contributed by atoms with Crippen molar-refractivity contribution in [2.75, 3.05) is 26.5 Å². The lowest BCUT2D eigenvalue weighted by atomic mass is 9.99. The van der Waals surface area contributed by atoms with E-state index in [-0.39, 0.29) is 30.3 Å². The highest BCUT2D eigenvalue weighted by molar-refractivity contribution is 7.89. The van der Waals surface area contributed by atoms with Gasteiger partial charge < -0.3 is 20.1 Å². The Morgan fingerprint density at radius 2 is 1.71 bits per heavy atom. The van der Waals surface area contributed by atoms with Crippen LogP contribution in [0.1, 0.15) is 36.4 Å². The van der Waals surface area contributed by atoms with Crippen LogP contribution in [-0.2, 0) is 45.1 Å². The molecule has 2 aromatic carbocycles. The number of sulfonamides is 1. The zero-order valence-corrected chi connectivity index (χ0v) is 24.7. The molecule has 228 valence electrons. The average Bonchev–Trinajstić information content (AvgIpc) is 3.60. The number of rotatable bonds is 10. The second-order valence-electron chi connectivity index (χ2n) is 10.2. The second kappa shape index (κ2) is 12.8. The molecule has 13 nitrogen and oxygen atoms in total. The second-order valence-corrected chi connectivity index (χ2v) is 13.7. The first kappa shape index (κ1) is 31.4. The fourth-order valence-corrected chi connectivity index (χ4v) is 7.66. The molecule has 0 aromatic heterocycles. The largest absolute Gasteiger partial charge is 0.467 e. The Morgan fingerprint density at radius 1 is 1.05 bits per heavy atom. The molecule has 2 amide bonds. The fourth-order valence-electron chi connectivity index (χ4n) is 5.37. The van der Waals surface area contributed by atoms with Gasteiger partial charge in [-0.1, -0.05) is 42.5 Å². The number of esters is 1. The number of amides is 2. The summed E-state index contributed by atoms with van der Waals surface area (Å²) in [6.45, 7) is 0.0632. The number of nitrogens with one attached hydrogen (secondary N) is 1. The van der Waals surface area contributed by atoms with Crippen molar-refractivity contribution < 1.29 is 45.2 Å².